The number of amides is 1. The summed E-state index contributed by atoms with van der Waals surface area (Å²) in [5.74, 6) is -0.0601. The highest BCUT2D eigenvalue weighted by Gasteiger charge is 2.13. The quantitative estimate of drug-likeness (QED) is 0.523. The maximum absolute atomic E-state index is 11.2. The molecule has 5 nitrogen and oxygen atoms in total. The molecule has 0 aliphatic rings. The molecule has 16 heavy (non-hydrogen) atoms. The van der Waals surface area contributed by atoms with Gasteiger partial charge in [-0.15, -0.1) is 0 Å². The Kier molecular flexibility index (Phi) is 8.15. The molecule has 0 aromatic heterocycles. The first-order chi connectivity index (χ1) is 7.54. The van der Waals surface area contributed by atoms with Crippen molar-refractivity contribution in [1.29, 1.82) is 0 Å². The van der Waals surface area contributed by atoms with Gasteiger partial charge in [-0.05, 0) is 20.0 Å². The average Bonchev–Trinajstić information content (AvgIpc) is 2.31. The Morgan fingerprint density at radius 1 is 1.38 bits per heavy atom. The summed E-state index contributed by atoms with van der Waals surface area (Å²) in [6, 6.07) is -0.267. The zero-order valence-corrected chi connectivity index (χ0v) is 10.8. The molecule has 0 aromatic carbocycles. The summed E-state index contributed by atoms with van der Waals surface area (Å²) in [6.45, 7) is 8.85. The Balaban J connectivity index is 3.79. The summed E-state index contributed by atoms with van der Waals surface area (Å²) in [4.78, 5) is 13.3. The number of rotatable bonds is 8. The van der Waals surface area contributed by atoms with E-state index in [4.69, 9.17) is 0 Å². The van der Waals surface area contributed by atoms with E-state index in [1.807, 2.05) is 0 Å². The molecule has 0 radical (unpaired) electrons. The van der Waals surface area contributed by atoms with E-state index in [1.54, 1.807) is 14.0 Å². The summed E-state index contributed by atoms with van der Waals surface area (Å²) in [5.41, 5.74) is 0. The van der Waals surface area contributed by atoms with Crippen molar-refractivity contribution < 1.29 is 9.90 Å². The molecule has 0 saturated carbocycles. The van der Waals surface area contributed by atoms with E-state index in [1.165, 1.54) is 0 Å². The van der Waals surface area contributed by atoms with Crippen molar-refractivity contribution in [2.75, 3.05) is 33.2 Å². The molecule has 0 fully saturated rings. The number of carbonyl (C=O) groups is 1. The second-order valence-electron chi connectivity index (χ2n) is 3.88. The van der Waals surface area contributed by atoms with Gasteiger partial charge in [0.1, 0.15) is 0 Å². The van der Waals surface area contributed by atoms with Crippen molar-refractivity contribution in [2.24, 2.45) is 0 Å². The third-order valence-electron chi connectivity index (χ3n) is 2.66. The number of likely N-dealkylation sites (N-methyl/N-ethyl adjacent to an activating group) is 2. The van der Waals surface area contributed by atoms with Crippen LogP contribution in [0.1, 0.15) is 20.8 Å². The first-order valence-corrected chi connectivity index (χ1v) is 5.90. The van der Waals surface area contributed by atoms with Crippen LogP contribution in [0.25, 0.3) is 0 Å². The van der Waals surface area contributed by atoms with Gasteiger partial charge in [-0.3, -0.25) is 4.79 Å². The Hall–Kier alpha value is -0.650. The predicted molar refractivity (Wildman–Crippen MR) is 65.3 cm³/mol. The van der Waals surface area contributed by atoms with Gasteiger partial charge < -0.3 is 20.6 Å². The van der Waals surface area contributed by atoms with Gasteiger partial charge in [-0.25, -0.2) is 0 Å². The van der Waals surface area contributed by atoms with Gasteiger partial charge in [0.2, 0.25) is 5.91 Å². The van der Waals surface area contributed by atoms with Crippen LogP contribution in [-0.2, 0) is 4.79 Å². The van der Waals surface area contributed by atoms with E-state index in [2.05, 4.69) is 29.4 Å². The van der Waals surface area contributed by atoms with Crippen molar-refractivity contribution in [1.82, 2.24) is 15.5 Å². The highest BCUT2D eigenvalue weighted by atomic mass is 16.3. The highest BCUT2D eigenvalue weighted by molar-refractivity contribution is 5.80. The zero-order valence-electron chi connectivity index (χ0n) is 10.8. The van der Waals surface area contributed by atoms with Gasteiger partial charge in [0.25, 0.3) is 0 Å². The second kappa shape index (κ2) is 8.50. The second-order valence-corrected chi connectivity index (χ2v) is 3.88. The summed E-state index contributed by atoms with van der Waals surface area (Å²) >= 11 is 0. The minimum atomic E-state index is -0.438. The molecule has 0 aliphatic carbocycles. The molecule has 2 atom stereocenters. The smallest absolute Gasteiger partial charge is 0.236 e. The van der Waals surface area contributed by atoms with E-state index in [-0.39, 0.29) is 11.9 Å². The Bertz CT molecular complexity index is 196. The molecule has 0 aromatic rings. The SMILES string of the molecule is CCN(CC)CC(O)CNC(C)C(=O)NC. The molecule has 0 rings (SSSR count). The normalized spacial score (nSPS) is 14.9. The fraction of sp³-hybridized carbons (Fsp3) is 0.909. The number of aliphatic hydroxyl groups is 1. The van der Waals surface area contributed by atoms with Crippen LogP contribution < -0.4 is 10.6 Å². The third-order valence-corrected chi connectivity index (χ3v) is 2.66. The van der Waals surface area contributed by atoms with Crippen LogP contribution in [0.2, 0.25) is 0 Å². The summed E-state index contributed by atoms with van der Waals surface area (Å²) in [7, 11) is 1.60. The van der Waals surface area contributed by atoms with E-state index < -0.39 is 6.10 Å². The first kappa shape index (κ1) is 15.3. The van der Waals surface area contributed by atoms with Gasteiger partial charge in [-0.1, -0.05) is 13.8 Å². The van der Waals surface area contributed by atoms with Crippen LogP contribution in [0, 0.1) is 0 Å². The van der Waals surface area contributed by atoms with Crippen LogP contribution in [0.15, 0.2) is 0 Å². The van der Waals surface area contributed by atoms with E-state index >= 15 is 0 Å². The first-order valence-electron chi connectivity index (χ1n) is 5.90. The molecule has 3 N–H and O–H groups in total. The average molecular weight is 231 g/mol. The van der Waals surface area contributed by atoms with Gasteiger partial charge >= 0.3 is 0 Å². The maximum Gasteiger partial charge on any atom is 0.236 e. The standard InChI is InChI=1S/C11H25N3O2/c1-5-14(6-2)8-10(15)7-13-9(3)11(16)12-4/h9-10,13,15H,5-8H2,1-4H3,(H,12,16). The largest absolute Gasteiger partial charge is 0.390 e. The number of hydrogen-bond acceptors (Lipinski definition) is 4. The lowest BCUT2D eigenvalue weighted by Crippen LogP contribution is -2.46. The lowest BCUT2D eigenvalue weighted by Gasteiger charge is -2.23. The molecule has 0 heterocycles. The van der Waals surface area contributed by atoms with Crippen LogP contribution in [0.3, 0.4) is 0 Å². The molecule has 5 heteroatoms. The van der Waals surface area contributed by atoms with Crippen molar-refractivity contribution in [3.63, 3.8) is 0 Å². The van der Waals surface area contributed by atoms with Crippen molar-refractivity contribution in [3.05, 3.63) is 0 Å². The molecule has 1 amide bonds. The molecular formula is C11H25N3O2. The highest BCUT2D eigenvalue weighted by Crippen LogP contribution is 1.92. The molecule has 96 valence electrons. The Morgan fingerprint density at radius 2 is 1.94 bits per heavy atom. The predicted octanol–water partition coefficient (Wildman–Crippen LogP) is -0.587. The molecule has 0 spiro atoms. The fourth-order valence-electron chi connectivity index (χ4n) is 1.47. The molecule has 2 unspecified atom stereocenters. The monoisotopic (exact) mass is 231 g/mol. The minimum Gasteiger partial charge on any atom is -0.390 e. The molecule has 0 bridgehead atoms. The van der Waals surface area contributed by atoms with Gasteiger partial charge in [-0.2, -0.15) is 0 Å². The van der Waals surface area contributed by atoms with Gasteiger partial charge in [0.15, 0.2) is 0 Å². The molecular weight excluding hydrogens is 206 g/mol. The molecule has 0 saturated heterocycles. The summed E-state index contributed by atoms with van der Waals surface area (Å²) in [6.07, 6.45) is -0.438. The number of nitrogens with zero attached hydrogens (tertiary/aromatic N) is 1. The van der Waals surface area contributed by atoms with Crippen molar-refractivity contribution in [3.8, 4) is 0 Å². The summed E-state index contributed by atoms with van der Waals surface area (Å²) in [5, 5.41) is 15.3. The van der Waals surface area contributed by atoms with Crippen LogP contribution in [0.5, 0.6) is 0 Å². The number of carbonyl (C=O) groups excluding carboxylic acids is 1. The van der Waals surface area contributed by atoms with Gasteiger partial charge in [0.05, 0.1) is 12.1 Å². The molecule has 0 aliphatic heterocycles. The van der Waals surface area contributed by atoms with Crippen molar-refractivity contribution in [2.45, 2.75) is 32.9 Å². The third kappa shape index (κ3) is 6.05. The van der Waals surface area contributed by atoms with Crippen LogP contribution in [-0.4, -0.2) is 61.3 Å². The Labute approximate surface area is 98.2 Å². The lowest BCUT2D eigenvalue weighted by atomic mass is 10.2. The zero-order chi connectivity index (χ0) is 12.6. The van der Waals surface area contributed by atoms with E-state index in [0.717, 1.165) is 13.1 Å². The lowest BCUT2D eigenvalue weighted by molar-refractivity contribution is -0.122. The van der Waals surface area contributed by atoms with E-state index in [9.17, 15) is 9.90 Å². The Morgan fingerprint density at radius 3 is 2.38 bits per heavy atom. The van der Waals surface area contributed by atoms with Crippen molar-refractivity contribution >= 4 is 5.91 Å². The summed E-state index contributed by atoms with van der Waals surface area (Å²) < 4.78 is 0. The maximum atomic E-state index is 11.2. The van der Waals surface area contributed by atoms with Gasteiger partial charge in [0, 0.05) is 20.1 Å². The van der Waals surface area contributed by atoms with Crippen LogP contribution >= 0.6 is 0 Å². The topological polar surface area (TPSA) is 64.6 Å². The number of nitrogens with one attached hydrogen (secondary N) is 2. The minimum absolute atomic E-state index is 0.0601. The van der Waals surface area contributed by atoms with Crippen LogP contribution in [0.4, 0.5) is 0 Å². The fourth-order valence-corrected chi connectivity index (χ4v) is 1.47. The number of aliphatic hydroxyl groups excluding tert-OH is 1. The van der Waals surface area contributed by atoms with E-state index in [0.29, 0.717) is 13.1 Å². The number of hydrogen-bond donors (Lipinski definition) is 3.